The largest absolute Gasteiger partial charge is 0.478 e. The maximum atomic E-state index is 11.2. The minimum absolute atomic E-state index is 0.0647. The zero-order chi connectivity index (χ0) is 10.3. The number of carbonyl (C=O) groups is 3. The summed E-state index contributed by atoms with van der Waals surface area (Å²) in [6.07, 6.45) is 0. The van der Waals surface area contributed by atoms with Crippen molar-refractivity contribution in [2.45, 2.75) is 0 Å². The lowest BCUT2D eigenvalue weighted by Gasteiger charge is -1.98. The zero-order valence-corrected chi connectivity index (χ0v) is 6.85. The number of fused-ring (bicyclic) bond motifs is 1. The molecule has 0 atom stereocenters. The lowest BCUT2D eigenvalue weighted by Crippen LogP contribution is -2.12. The summed E-state index contributed by atoms with van der Waals surface area (Å²) in [5.41, 5.74) is -0.220. The minimum Gasteiger partial charge on any atom is -0.478 e. The molecule has 0 unspecified atom stereocenters. The van der Waals surface area contributed by atoms with E-state index in [1.165, 1.54) is 18.2 Å². The first-order valence-electron chi connectivity index (χ1n) is 3.78. The summed E-state index contributed by atoms with van der Waals surface area (Å²) in [5, 5.41) is 11.9. The van der Waals surface area contributed by atoms with Crippen LogP contribution in [0.2, 0.25) is 0 Å². The highest BCUT2D eigenvalue weighted by Crippen LogP contribution is 2.20. The van der Waals surface area contributed by atoms with Crippen LogP contribution in [0.4, 0.5) is 0 Å². The lowest BCUT2D eigenvalue weighted by atomic mass is 10.0. The van der Waals surface area contributed by atoms with Crippen molar-refractivity contribution in [3.63, 3.8) is 0 Å². The molecule has 1 aromatic rings. The van der Waals surface area contributed by atoms with E-state index >= 15 is 0 Å². The van der Waals surface area contributed by atoms with Gasteiger partial charge < -0.3 is 5.11 Å². The highest BCUT2D eigenvalue weighted by atomic mass is 16.4. The fourth-order valence-corrected chi connectivity index (χ4v) is 1.35. The Bertz CT molecular complexity index is 464. The summed E-state index contributed by atoms with van der Waals surface area (Å²) >= 11 is 0. The number of hydrogen-bond donors (Lipinski definition) is 1. The summed E-state index contributed by atoms with van der Waals surface area (Å²) in [4.78, 5) is 32.9. The molecule has 0 bridgehead atoms. The van der Waals surface area contributed by atoms with E-state index in [1.807, 2.05) is 0 Å². The van der Waals surface area contributed by atoms with Crippen LogP contribution in [0.25, 0.3) is 0 Å². The van der Waals surface area contributed by atoms with E-state index in [4.69, 9.17) is 5.11 Å². The lowest BCUT2D eigenvalue weighted by molar-refractivity contribution is 0.0690. The van der Waals surface area contributed by atoms with Crippen LogP contribution in [0.5, 0.6) is 0 Å². The maximum absolute atomic E-state index is 11.2. The van der Waals surface area contributed by atoms with Gasteiger partial charge in [-0.1, -0.05) is 6.07 Å². The molecule has 1 heterocycles. The highest BCUT2D eigenvalue weighted by Gasteiger charge is 2.32. The molecule has 1 radical (unpaired) electrons. The van der Waals surface area contributed by atoms with Gasteiger partial charge in [-0.05, 0) is 12.1 Å². The van der Waals surface area contributed by atoms with Gasteiger partial charge in [0.1, 0.15) is 0 Å². The Kier molecular flexibility index (Phi) is 1.60. The van der Waals surface area contributed by atoms with Crippen molar-refractivity contribution in [3.8, 4) is 0 Å². The predicted octanol–water partition coefficient (Wildman–Crippen LogP) is 0.283. The Morgan fingerprint density at radius 2 is 1.93 bits per heavy atom. The normalized spacial score (nSPS) is 13.7. The summed E-state index contributed by atoms with van der Waals surface area (Å²) in [6.45, 7) is 0. The molecule has 2 rings (SSSR count). The number of carboxylic acids is 1. The fourth-order valence-electron chi connectivity index (χ4n) is 1.35. The average molecular weight is 190 g/mol. The van der Waals surface area contributed by atoms with Gasteiger partial charge in [-0.15, -0.1) is 0 Å². The molecular weight excluding hydrogens is 186 g/mol. The van der Waals surface area contributed by atoms with Crippen molar-refractivity contribution < 1.29 is 19.5 Å². The van der Waals surface area contributed by atoms with E-state index in [0.717, 1.165) is 0 Å². The van der Waals surface area contributed by atoms with Crippen LogP contribution < -0.4 is 5.32 Å². The van der Waals surface area contributed by atoms with Crippen LogP contribution in [-0.4, -0.2) is 22.9 Å². The molecule has 1 aliphatic heterocycles. The maximum Gasteiger partial charge on any atom is 0.336 e. The van der Waals surface area contributed by atoms with Crippen LogP contribution in [-0.2, 0) is 0 Å². The van der Waals surface area contributed by atoms with Crippen molar-refractivity contribution in [3.05, 3.63) is 34.9 Å². The summed E-state index contributed by atoms with van der Waals surface area (Å²) in [6, 6.07) is 4.07. The van der Waals surface area contributed by atoms with E-state index in [1.54, 1.807) is 0 Å². The van der Waals surface area contributed by atoms with Gasteiger partial charge in [0.15, 0.2) is 0 Å². The smallest absolute Gasteiger partial charge is 0.336 e. The second kappa shape index (κ2) is 2.66. The van der Waals surface area contributed by atoms with Crippen LogP contribution >= 0.6 is 0 Å². The first-order valence-corrected chi connectivity index (χ1v) is 3.78. The second-order valence-electron chi connectivity index (χ2n) is 2.76. The molecule has 0 spiro atoms. The van der Waals surface area contributed by atoms with Gasteiger partial charge in [0.25, 0.3) is 11.8 Å². The molecule has 5 nitrogen and oxygen atoms in total. The molecule has 69 valence electrons. The van der Waals surface area contributed by atoms with Crippen LogP contribution in [0.3, 0.4) is 0 Å². The fraction of sp³-hybridized carbons (Fsp3) is 0. The molecule has 1 aliphatic rings. The van der Waals surface area contributed by atoms with Gasteiger partial charge in [-0.2, -0.15) is 5.32 Å². The van der Waals surface area contributed by atoms with Crippen molar-refractivity contribution in [1.29, 1.82) is 0 Å². The molecular formula is C9H4NO4. The molecule has 5 heteroatoms. The Balaban J connectivity index is 2.74. The zero-order valence-electron chi connectivity index (χ0n) is 6.85. The van der Waals surface area contributed by atoms with Gasteiger partial charge >= 0.3 is 5.97 Å². The van der Waals surface area contributed by atoms with Gasteiger partial charge in [0.05, 0.1) is 16.7 Å². The molecule has 0 fully saturated rings. The van der Waals surface area contributed by atoms with E-state index < -0.39 is 17.8 Å². The van der Waals surface area contributed by atoms with E-state index in [0.29, 0.717) is 0 Å². The number of aromatic carboxylic acids is 1. The van der Waals surface area contributed by atoms with Gasteiger partial charge in [-0.25, -0.2) is 4.79 Å². The Labute approximate surface area is 78.3 Å². The minimum atomic E-state index is -1.24. The van der Waals surface area contributed by atoms with Crippen LogP contribution in [0.15, 0.2) is 18.2 Å². The molecule has 0 saturated heterocycles. The quantitative estimate of drug-likeness (QED) is 0.644. The third kappa shape index (κ3) is 0.990. The molecule has 0 saturated carbocycles. The van der Waals surface area contributed by atoms with Gasteiger partial charge in [0, 0.05) is 0 Å². The SMILES string of the molecule is O=C(O)c1cccc2c1C(=O)[N]C2=O. The van der Waals surface area contributed by atoms with Crippen LogP contribution in [0, 0.1) is 0 Å². The molecule has 1 aromatic carbocycles. The van der Waals surface area contributed by atoms with Crippen molar-refractivity contribution >= 4 is 17.8 Å². The third-order valence-electron chi connectivity index (χ3n) is 1.94. The summed E-state index contributed by atoms with van der Waals surface area (Å²) < 4.78 is 0. The van der Waals surface area contributed by atoms with Crippen molar-refractivity contribution in [2.24, 2.45) is 0 Å². The van der Waals surface area contributed by atoms with Crippen molar-refractivity contribution in [1.82, 2.24) is 5.32 Å². The highest BCUT2D eigenvalue weighted by molar-refractivity contribution is 6.24. The van der Waals surface area contributed by atoms with Gasteiger partial charge in [-0.3, -0.25) is 9.59 Å². The number of benzene rings is 1. The molecule has 0 aromatic heterocycles. The third-order valence-corrected chi connectivity index (χ3v) is 1.94. The number of imide groups is 1. The second-order valence-corrected chi connectivity index (χ2v) is 2.76. The Morgan fingerprint density at radius 3 is 2.57 bits per heavy atom. The number of amides is 2. The topological polar surface area (TPSA) is 85.5 Å². The van der Waals surface area contributed by atoms with E-state index in [9.17, 15) is 14.4 Å². The van der Waals surface area contributed by atoms with Crippen molar-refractivity contribution in [2.75, 3.05) is 0 Å². The molecule has 14 heavy (non-hydrogen) atoms. The monoisotopic (exact) mass is 190 g/mol. The molecule has 1 N–H and O–H groups in total. The van der Waals surface area contributed by atoms with Gasteiger partial charge in [0.2, 0.25) is 0 Å². The number of rotatable bonds is 1. The van der Waals surface area contributed by atoms with Crippen LogP contribution in [0.1, 0.15) is 31.1 Å². The predicted molar refractivity (Wildman–Crippen MR) is 44.2 cm³/mol. The number of carbonyl (C=O) groups excluding carboxylic acids is 2. The summed E-state index contributed by atoms with van der Waals surface area (Å²) in [7, 11) is 0. The Hall–Kier alpha value is -2.17. The Morgan fingerprint density at radius 1 is 1.21 bits per heavy atom. The van der Waals surface area contributed by atoms with E-state index in [2.05, 4.69) is 5.32 Å². The number of nitrogens with zero attached hydrogens (tertiary/aromatic N) is 1. The molecule has 0 aliphatic carbocycles. The first-order chi connectivity index (χ1) is 6.61. The van der Waals surface area contributed by atoms with E-state index in [-0.39, 0.29) is 16.7 Å². The number of hydrogen-bond acceptors (Lipinski definition) is 3. The molecule has 2 amide bonds. The first kappa shape index (κ1) is 8.43. The average Bonchev–Trinajstić information content (AvgIpc) is 2.43. The summed E-state index contributed by atoms with van der Waals surface area (Å²) in [5.74, 6) is -2.68. The number of carboxylic acid groups (broad SMARTS) is 1. The standard InChI is InChI=1S/C9H4NO4/c11-7-4-2-1-3-5(9(13)14)6(4)8(12)10-7/h1-3H,(H,13,14).